The molecular formula is C11H17N3O3S. The number of carbonyl (C=O) groups is 2. The highest BCUT2D eigenvalue weighted by atomic mass is 32.2. The van der Waals surface area contributed by atoms with Gasteiger partial charge in [0.1, 0.15) is 6.04 Å². The number of carboxylic acids is 1. The van der Waals surface area contributed by atoms with Crippen LogP contribution in [0.2, 0.25) is 0 Å². The molecule has 1 aromatic heterocycles. The smallest absolute Gasteiger partial charge is 0.313 e. The van der Waals surface area contributed by atoms with Gasteiger partial charge in [0.05, 0.1) is 11.4 Å². The molecular weight excluding hydrogens is 254 g/mol. The van der Waals surface area contributed by atoms with Gasteiger partial charge in [-0.15, -0.1) is 0 Å². The van der Waals surface area contributed by atoms with Crippen LogP contribution in [-0.4, -0.2) is 51.3 Å². The zero-order chi connectivity index (χ0) is 13.9. The number of carboxylic acid groups (broad SMARTS) is 1. The predicted molar refractivity (Wildman–Crippen MR) is 68.7 cm³/mol. The standard InChI is InChI=1S/C11H17N3O3S/c1-7-5-14(8(2)10(17)13(3)4)11(12-7)18-6-9(15)16/h5,8H,6H2,1-4H3,(H,15,16). The summed E-state index contributed by atoms with van der Waals surface area (Å²) >= 11 is 1.12. The summed E-state index contributed by atoms with van der Waals surface area (Å²) in [5.74, 6) is -1.03. The Morgan fingerprint density at radius 1 is 1.56 bits per heavy atom. The molecule has 0 aliphatic rings. The Bertz CT molecular complexity index is 456. The number of thioether (sulfide) groups is 1. The van der Waals surface area contributed by atoms with Gasteiger partial charge in [0, 0.05) is 20.3 Å². The van der Waals surface area contributed by atoms with Crippen LogP contribution in [0.1, 0.15) is 18.7 Å². The maximum Gasteiger partial charge on any atom is 0.313 e. The van der Waals surface area contributed by atoms with E-state index in [9.17, 15) is 9.59 Å². The largest absolute Gasteiger partial charge is 0.481 e. The number of aryl methyl sites for hydroxylation is 1. The predicted octanol–water partition coefficient (Wildman–Crippen LogP) is 1.02. The summed E-state index contributed by atoms with van der Waals surface area (Å²) in [4.78, 5) is 28.2. The molecule has 0 radical (unpaired) electrons. The van der Waals surface area contributed by atoms with E-state index in [1.54, 1.807) is 31.8 Å². The molecule has 1 N–H and O–H groups in total. The van der Waals surface area contributed by atoms with Crippen molar-refractivity contribution >= 4 is 23.6 Å². The Hall–Kier alpha value is -1.50. The van der Waals surface area contributed by atoms with Crippen LogP contribution < -0.4 is 0 Å². The van der Waals surface area contributed by atoms with Gasteiger partial charge in [-0.3, -0.25) is 9.59 Å². The van der Waals surface area contributed by atoms with E-state index >= 15 is 0 Å². The number of aliphatic carboxylic acids is 1. The van der Waals surface area contributed by atoms with Crippen LogP contribution >= 0.6 is 11.8 Å². The van der Waals surface area contributed by atoms with E-state index < -0.39 is 12.0 Å². The van der Waals surface area contributed by atoms with E-state index in [0.29, 0.717) is 5.16 Å². The Morgan fingerprint density at radius 2 is 2.17 bits per heavy atom. The minimum Gasteiger partial charge on any atom is -0.481 e. The summed E-state index contributed by atoms with van der Waals surface area (Å²) in [7, 11) is 3.37. The van der Waals surface area contributed by atoms with Gasteiger partial charge < -0.3 is 14.6 Å². The molecule has 0 bridgehead atoms. The van der Waals surface area contributed by atoms with Crippen molar-refractivity contribution in [3.63, 3.8) is 0 Å². The van der Waals surface area contributed by atoms with Crippen LogP contribution in [0.5, 0.6) is 0 Å². The molecule has 18 heavy (non-hydrogen) atoms. The highest BCUT2D eigenvalue weighted by Crippen LogP contribution is 2.22. The highest BCUT2D eigenvalue weighted by molar-refractivity contribution is 7.99. The number of carbonyl (C=O) groups excluding carboxylic acids is 1. The second kappa shape index (κ2) is 5.90. The third kappa shape index (κ3) is 3.49. The number of hydrogen-bond acceptors (Lipinski definition) is 4. The minimum atomic E-state index is -0.904. The van der Waals surface area contributed by atoms with E-state index in [0.717, 1.165) is 17.5 Å². The maximum atomic E-state index is 11.9. The molecule has 1 heterocycles. The third-order valence-corrected chi connectivity index (χ3v) is 3.31. The fourth-order valence-electron chi connectivity index (χ4n) is 1.50. The SMILES string of the molecule is Cc1cn(C(C)C(=O)N(C)C)c(SCC(=O)O)n1. The average Bonchev–Trinajstić information content (AvgIpc) is 2.65. The number of imidazole rings is 1. The van der Waals surface area contributed by atoms with Gasteiger partial charge in [0.25, 0.3) is 0 Å². The zero-order valence-corrected chi connectivity index (χ0v) is 11.7. The van der Waals surface area contributed by atoms with Gasteiger partial charge in [-0.1, -0.05) is 11.8 Å². The topological polar surface area (TPSA) is 75.4 Å². The second-order valence-electron chi connectivity index (χ2n) is 4.16. The van der Waals surface area contributed by atoms with E-state index in [1.165, 1.54) is 4.90 Å². The molecule has 1 unspecified atom stereocenters. The van der Waals surface area contributed by atoms with Crippen molar-refractivity contribution in [1.82, 2.24) is 14.5 Å². The van der Waals surface area contributed by atoms with Crippen molar-refractivity contribution in [3.05, 3.63) is 11.9 Å². The van der Waals surface area contributed by atoms with Crippen molar-refractivity contribution in [1.29, 1.82) is 0 Å². The lowest BCUT2D eigenvalue weighted by atomic mass is 10.3. The first-order chi connectivity index (χ1) is 8.32. The van der Waals surface area contributed by atoms with Crippen LogP contribution in [0.3, 0.4) is 0 Å². The number of rotatable bonds is 5. The van der Waals surface area contributed by atoms with Gasteiger partial charge in [-0.25, -0.2) is 4.98 Å². The molecule has 0 aliphatic heterocycles. The van der Waals surface area contributed by atoms with Gasteiger partial charge in [0.2, 0.25) is 5.91 Å². The van der Waals surface area contributed by atoms with Crippen LogP contribution in [0.4, 0.5) is 0 Å². The summed E-state index contributed by atoms with van der Waals surface area (Å²) in [6.07, 6.45) is 1.76. The highest BCUT2D eigenvalue weighted by Gasteiger charge is 2.20. The van der Waals surface area contributed by atoms with Crippen LogP contribution in [0, 0.1) is 6.92 Å². The van der Waals surface area contributed by atoms with Crippen molar-refractivity contribution in [2.24, 2.45) is 0 Å². The Balaban J connectivity index is 2.93. The fraction of sp³-hybridized carbons (Fsp3) is 0.545. The number of hydrogen-bond donors (Lipinski definition) is 1. The minimum absolute atomic E-state index is 0.0513. The summed E-state index contributed by atoms with van der Waals surface area (Å²) in [6, 6.07) is -0.391. The number of likely N-dealkylation sites (N-methyl/N-ethyl adjacent to an activating group) is 1. The lowest BCUT2D eigenvalue weighted by Crippen LogP contribution is -2.30. The third-order valence-electron chi connectivity index (χ3n) is 2.36. The lowest BCUT2D eigenvalue weighted by Gasteiger charge is -2.19. The van der Waals surface area contributed by atoms with E-state index in [1.807, 2.05) is 6.92 Å². The van der Waals surface area contributed by atoms with Gasteiger partial charge >= 0.3 is 5.97 Å². The molecule has 0 fully saturated rings. The summed E-state index contributed by atoms with van der Waals surface area (Å²) < 4.78 is 1.71. The Labute approximate surface area is 110 Å². The van der Waals surface area contributed by atoms with Crippen LogP contribution in [0.25, 0.3) is 0 Å². The average molecular weight is 271 g/mol. The monoisotopic (exact) mass is 271 g/mol. The maximum absolute atomic E-state index is 11.9. The molecule has 0 saturated carbocycles. The van der Waals surface area contributed by atoms with E-state index in [2.05, 4.69) is 4.98 Å². The van der Waals surface area contributed by atoms with E-state index in [-0.39, 0.29) is 11.7 Å². The van der Waals surface area contributed by atoms with Gasteiger partial charge in [-0.2, -0.15) is 0 Å². The first-order valence-corrected chi connectivity index (χ1v) is 6.42. The van der Waals surface area contributed by atoms with Crippen molar-refractivity contribution in [2.45, 2.75) is 25.0 Å². The second-order valence-corrected chi connectivity index (χ2v) is 5.11. The molecule has 0 saturated heterocycles. The first kappa shape index (κ1) is 14.6. The fourth-order valence-corrected chi connectivity index (χ4v) is 2.32. The molecule has 1 atom stereocenters. The molecule has 0 aromatic carbocycles. The van der Waals surface area contributed by atoms with Crippen LogP contribution in [-0.2, 0) is 9.59 Å². The molecule has 7 heteroatoms. The number of aromatic nitrogens is 2. The lowest BCUT2D eigenvalue weighted by molar-refractivity contribution is -0.134. The molecule has 100 valence electrons. The molecule has 0 spiro atoms. The summed E-state index contributed by atoms with van der Waals surface area (Å²) in [5, 5.41) is 9.23. The number of nitrogens with zero attached hydrogens (tertiary/aromatic N) is 3. The van der Waals surface area contributed by atoms with Crippen molar-refractivity contribution in [3.8, 4) is 0 Å². The van der Waals surface area contributed by atoms with Gasteiger partial charge in [-0.05, 0) is 13.8 Å². The normalized spacial score (nSPS) is 12.2. The van der Waals surface area contributed by atoms with E-state index in [4.69, 9.17) is 5.11 Å². The van der Waals surface area contributed by atoms with Crippen molar-refractivity contribution in [2.75, 3.05) is 19.8 Å². The molecule has 0 aliphatic carbocycles. The zero-order valence-electron chi connectivity index (χ0n) is 10.9. The molecule has 1 amide bonds. The quantitative estimate of drug-likeness (QED) is 0.809. The molecule has 1 rings (SSSR count). The van der Waals surface area contributed by atoms with Crippen molar-refractivity contribution < 1.29 is 14.7 Å². The van der Waals surface area contributed by atoms with Crippen LogP contribution in [0.15, 0.2) is 11.4 Å². The van der Waals surface area contributed by atoms with Gasteiger partial charge in [0.15, 0.2) is 5.16 Å². The summed E-state index contributed by atoms with van der Waals surface area (Å²) in [6.45, 7) is 3.59. The summed E-state index contributed by atoms with van der Waals surface area (Å²) in [5.41, 5.74) is 0.765. The molecule has 6 nitrogen and oxygen atoms in total. The Morgan fingerprint density at radius 3 is 2.67 bits per heavy atom. The Kier molecular flexibility index (Phi) is 4.77. The number of amides is 1. The molecule has 1 aromatic rings. The first-order valence-electron chi connectivity index (χ1n) is 5.44.